The minimum atomic E-state index is -1.12. The van der Waals surface area contributed by atoms with Gasteiger partial charge in [0.25, 0.3) is 0 Å². The molecule has 6 nitrogen and oxygen atoms in total. The van der Waals surface area contributed by atoms with Gasteiger partial charge in [-0.15, -0.1) is 0 Å². The first kappa shape index (κ1) is 18.9. The van der Waals surface area contributed by atoms with E-state index >= 15 is 0 Å². The number of hydrogen-bond acceptors (Lipinski definition) is 3. The van der Waals surface area contributed by atoms with Crippen LogP contribution in [0.25, 0.3) is 5.69 Å². The number of aryl methyl sites for hydroxylation is 2. The molecule has 1 atom stereocenters. The second-order valence-corrected chi connectivity index (χ2v) is 8.31. The Bertz CT molecular complexity index is 1230. The Labute approximate surface area is 179 Å². The lowest BCUT2D eigenvalue weighted by molar-refractivity contribution is -0.126. The number of hydrogen-bond donors (Lipinski definition) is 1. The molecule has 0 aliphatic carbocycles. The van der Waals surface area contributed by atoms with Crippen LogP contribution < -0.4 is 10.2 Å². The number of fused-ring (bicyclic) bond motifs is 4. The third kappa shape index (κ3) is 2.34. The lowest BCUT2D eigenvalue weighted by atomic mass is 9.72. The molecule has 30 heavy (non-hydrogen) atoms. The fourth-order valence-corrected chi connectivity index (χ4v) is 4.94. The predicted octanol–water partition coefficient (Wildman–Crippen LogP) is 4.14. The van der Waals surface area contributed by atoms with Crippen LogP contribution in [0.4, 0.5) is 11.5 Å². The Balaban J connectivity index is 1.78. The molecule has 3 heterocycles. The van der Waals surface area contributed by atoms with Crippen LogP contribution in [-0.2, 0) is 15.0 Å². The molecule has 0 bridgehead atoms. The lowest BCUT2D eigenvalue weighted by Gasteiger charge is -2.32. The van der Waals surface area contributed by atoms with Crippen molar-refractivity contribution in [2.24, 2.45) is 0 Å². The van der Waals surface area contributed by atoms with E-state index in [1.165, 1.54) is 5.56 Å². The maximum atomic E-state index is 13.7. The molecule has 1 spiro atoms. The highest BCUT2D eigenvalue weighted by atomic mass is 35.5. The van der Waals surface area contributed by atoms with Gasteiger partial charge in [-0.2, -0.15) is 5.10 Å². The number of benzene rings is 2. The van der Waals surface area contributed by atoms with Gasteiger partial charge in [-0.3, -0.25) is 9.59 Å². The zero-order valence-electron chi connectivity index (χ0n) is 17.0. The number of carbonyl (C=O) groups excluding carboxylic acids is 2. The van der Waals surface area contributed by atoms with Gasteiger partial charge in [0.15, 0.2) is 0 Å². The van der Waals surface area contributed by atoms with Gasteiger partial charge in [-0.1, -0.05) is 29.8 Å². The van der Waals surface area contributed by atoms with E-state index in [1.54, 1.807) is 21.8 Å². The topological polar surface area (TPSA) is 67.2 Å². The third-order valence-electron chi connectivity index (χ3n) is 6.29. The summed E-state index contributed by atoms with van der Waals surface area (Å²) in [5.41, 5.74) is 4.16. The summed E-state index contributed by atoms with van der Waals surface area (Å²) in [6, 6.07) is 11.5. The zero-order chi connectivity index (χ0) is 21.2. The van der Waals surface area contributed by atoms with Crippen molar-refractivity contribution in [2.75, 3.05) is 16.8 Å². The van der Waals surface area contributed by atoms with E-state index in [4.69, 9.17) is 11.6 Å². The summed E-state index contributed by atoms with van der Waals surface area (Å²) >= 11 is 6.49. The molecule has 2 aliphatic heterocycles. The molecule has 2 aliphatic rings. The number of halogens is 1. The SMILES string of the molecule is CCN1C(=O)[C@]2(CC(=O)Nc3c2cnn3-c2ccc(C)c(C)c2)c2cccc(Cl)c21. The predicted molar refractivity (Wildman–Crippen MR) is 117 cm³/mol. The number of nitrogens with one attached hydrogen (secondary N) is 1. The standard InChI is InChI=1S/C23H21ClN4O2/c1-4-27-20-16(6-5-7-18(20)24)23(22(27)30)11-19(29)26-21-17(23)12-25-28(21)15-9-8-13(2)14(3)10-15/h5-10,12H,4,11H2,1-3H3,(H,26,29)/t23-/m1/s1. The van der Waals surface area contributed by atoms with Gasteiger partial charge < -0.3 is 10.2 Å². The molecule has 0 saturated heterocycles. The van der Waals surface area contributed by atoms with E-state index in [2.05, 4.69) is 10.4 Å². The summed E-state index contributed by atoms with van der Waals surface area (Å²) in [5, 5.41) is 8.03. The lowest BCUT2D eigenvalue weighted by Crippen LogP contribution is -2.46. The molecule has 0 radical (unpaired) electrons. The maximum Gasteiger partial charge on any atom is 0.242 e. The van der Waals surface area contributed by atoms with Gasteiger partial charge in [0.2, 0.25) is 11.8 Å². The van der Waals surface area contributed by atoms with Crippen LogP contribution in [0.15, 0.2) is 42.6 Å². The van der Waals surface area contributed by atoms with E-state index in [-0.39, 0.29) is 18.2 Å². The number of nitrogens with zero attached hydrogens (tertiary/aromatic N) is 3. The van der Waals surface area contributed by atoms with Gasteiger partial charge in [0, 0.05) is 18.5 Å². The van der Waals surface area contributed by atoms with Crippen LogP contribution in [-0.4, -0.2) is 28.1 Å². The molecule has 0 unspecified atom stereocenters. The van der Waals surface area contributed by atoms with Crippen molar-refractivity contribution in [1.29, 1.82) is 0 Å². The van der Waals surface area contributed by atoms with Crippen molar-refractivity contribution in [3.63, 3.8) is 0 Å². The Kier molecular flexibility index (Phi) is 4.05. The highest BCUT2D eigenvalue weighted by Gasteiger charge is 2.57. The van der Waals surface area contributed by atoms with Crippen LogP contribution in [0, 0.1) is 13.8 Å². The van der Waals surface area contributed by atoms with Crippen molar-refractivity contribution in [2.45, 2.75) is 32.6 Å². The number of anilines is 2. The van der Waals surface area contributed by atoms with E-state index in [1.807, 2.05) is 51.1 Å². The largest absolute Gasteiger partial charge is 0.310 e. The molecule has 2 amide bonds. The fraction of sp³-hybridized carbons (Fsp3) is 0.261. The fourth-order valence-electron chi connectivity index (χ4n) is 4.66. The quantitative estimate of drug-likeness (QED) is 0.677. The van der Waals surface area contributed by atoms with E-state index in [0.717, 1.165) is 16.8 Å². The van der Waals surface area contributed by atoms with Crippen molar-refractivity contribution in [3.05, 3.63) is 69.9 Å². The number of amides is 2. The molecular formula is C23H21ClN4O2. The monoisotopic (exact) mass is 420 g/mol. The average Bonchev–Trinajstić information content (AvgIpc) is 3.24. The zero-order valence-corrected chi connectivity index (χ0v) is 17.7. The van der Waals surface area contributed by atoms with Crippen molar-refractivity contribution >= 4 is 34.9 Å². The van der Waals surface area contributed by atoms with Crippen molar-refractivity contribution < 1.29 is 9.59 Å². The Morgan fingerprint density at radius 2 is 1.93 bits per heavy atom. The number of likely N-dealkylation sites (N-methyl/N-ethyl adjacent to an activating group) is 1. The summed E-state index contributed by atoms with van der Waals surface area (Å²) in [6.45, 7) is 6.46. The maximum absolute atomic E-state index is 13.7. The normalized spacial score (nSPS) is 19.8. The first-order valence-corrected chi connectivity index (χ1v) is 10.3. The number of rotatable bonds is 2. The molecule has 0 fully saturated rings. The van der Waals surface area contributed by atoms with Crippen molar-refractivity contribution in [3.8, 4) is 5.69 Å². The molecule has 5 rings (SSSR count). The Hall–Kier alpha value is -3.12. The molecule has 1 N–H and O–H groups in total. The minimum Gasteiger partial charge on any atom is -0.310 e. The van der Waals surface area contributed by atoms with Crippen LogP contribution in [0.2, 0.25) is 5.02 Å². The summed E-state index contributed by atoms with van der Waals surface area (Å²) in [4.78, 5) is 28.3. The van der Waals surface area contributed by atoms with Gasteiger partial charge in [0.1, 0.15) is 11.2 Å². The van der Waals surface area contributed by atoms with Gasteiger partial charge in [-0.25, -0.2) is 4.68 Å². The van der Waals surface area contributed by atoms with Gasteiger partial charge >= 0.3 is 0 Å². The smallest absolute Gasteiger partial charge is 0.242 e. The Morgan fingerprint density at radius 3 is 2.67 bits per heavy atom. The first-order valence-electron chi connectivity index (χ1n) is 9.95. The second kappa shape index (κ2) is 6.44. The molecule has 7 heteroatoms. The molecule has 1 aromatic heterocycles. The summed E-state index contributed by atoms with van der Waals surface area (Å²) in [5.74, 6) is 0.181. The number of para-hydroxylation sites is 1. The molecule has 2 aromatic carbocycles. The summed E-state index contributed by atoms with van der Waals surface area (Å²) in [6.07, 6.45) is 1.73. The number of carbonyl (C=O) groups is 2. The van der Waals surface area contributed by atoms with Crippen LogP contribution >= 0.6 is 11.6 Å². The van der Waals surface area contributed by atoms with Crippen molar-refractivity contribution in [1.82, 2.24) is 9.78 Å². The van der Waals surface area contributed by atoms with E-state index in [0.29, 0.717) is 28.6 Å². The second-order valence-electron chi connectivity index (χ2n) is 7.90. The van der Waals surface area contributed by atoms with Gasteiger partial charge in [0.05, 0.1) is 22.6 Å². The molecule has 3 aromatic rings. The Morgan fingerprint density at radius 1 is 1.13 bits per heavy atom. The van der Waals surface area contributed by atoms with E-state index < -0.39 is 5.41 Å². The highest BCUT2D eigenvalue weighted by Crippen LogP contribution is 2.54. The number of aromatic nitrogens is 2. The van der Waals surface area contributed by atoms with E-state index in [9.17, 15) is 9.59 Å². The third-order valence-corrected chi connectivity index (χ3v) is 6.60. The molecular weight excluding hydrogens is 400 g/mol. The van der Waals surface area contributed by atoms with Crippen LogP contribution in [0.1, 0.15) is 35.6 Å². The van der Waals surface area contributed by atoms with Gasteiger partial charge in [-0.05, 0) is 55.7 Å². The van der Waals surface area contributed by atoms with Crippen LogP contribution in [0.3, 0.4) is 0 Å². The summed E-state index contributed by atoms with van der Waals surface area (Å²) < 4.78 is 1.70. The minimum absolute atomic E-state index is 0.0291. The summed E-state index contributed by atoms with van der Waals surface area (Å²) in [7, 11) is 0. The molecule has 152 valence electrons. The van der Waals surface area contributed by atoms with Crippen LogP contribution in [0.5, 0.6) is 0 Å². The first-order chi connectivity index (χ1) is 14.4. The molecule has 0 saturated carbocycles. The highest BCUT2D eigenvalue weighted by molar-refractivity contribution is 6.35. The average molecular weight is 421 g/mol.